The number of nitrogens with one attached hydrogen (secondary N) is 1. The Labute approximate surface area is 98.3 Å². The van der Waals surface area contributed by atoms with Gasteiger partial charge in [0.05, 0.1) is 6.07 Å². The molecule has 0 spiro atoms. The number of hydrogen-bond donors (Lipinski definition) is 1. The van der Waals surface area contributed by atoms with E-state index in [-0.39, 0.29) is 5.41 Å². The second-order valence-corrected chi connectivity index (χ2v) is 5.66. The zero-order valence-corrected chi connectivity index (χ0v) is 10.8. The maximum atomic E-state index is 9.04. The van der Waals surface area contributed by atoms with Crippen molar-refractivity contribution in [1.29, 1.82) is 5.26 Å². The Bertz CT molecular complexity index is 405. The second kappa shape index (κ2) is 4.17. The maximum absolute atomic E-state index is 9.04. The van der Waals surface area contributed by atoms with Gasteiger partial charge in [-0.1, -0.05) is 39.0 Å². The molecular weight excluding hydrogens is 196 g/mol. The van der Waals surface area contributed by atoms with Crippen LogP contribution in [0.2, 0.25) is 0 Å². The highest BCUT2D eigenvalue weighted by Crippen LogP contribution is 2.30. The van der Waals surface area contributed by atoms with Gasteiger partial charge >= 0.3 is 0 Å². The Morgan fingerprint density at radius 3 is 2.12 bits per heavy atom. The van der Waals surface area contributed by atoms with Crippen molar-refractivity contribution in [3.63, 3.8) is 0 Å². The van der Waals surface area contributed by atoms with Crippen LogP contribution >= 0.6 is 0 Å². The largest absolute Gasteiger partial charge is 0.368 e. The average Bonchev–Trinajstić information content (AvgIpc) is 2.16. The van der Waals surface area contributed by atoms with E-state index >= 15 is 0 Å². The van der Waals surface area contributed by atoms with Crippen LogP contribution in [0.4, 0.5) is 5.69 Å². The predicted octanol–water partition coefficient (Wildman–Crippen LogP) is 3.70. The van der Waals surface area contributed by atoms with E-state index in [1.54, 1.807) is 0 Å². The molecular formula is C14H20N2. The zero-order valence-electron chi connectivity index (χ0n) is 10.8. The summed E-state index contributed by atoms with van der Waals surface area (Å²) in [5.41, 5.74) is 1.82. The lowest BCUT2D eigenvalue weighted by molar-refractivity contribution is 0.588. The molecule has 0 aromatic heterocycles. The first-order chi connectivity index (χ1) is 7.26. The van der Waals surface area contributed by atoms with Crippen molar-refractivity contribution in [2.45, 2.75) is 45.6 Å². The second-order valence-electron chi connectivity index (χ2n) is 5.66. The molecule has 1 N–H and O–H groups in total. The van der Waals surface area contributed by atoms with E-state index in [0.29, 0.717) is 0 Å². The van der Waals surface area contributed by atoms with Crippen LogP contribution in [0.1, 0.15) is 40.2 Å². The summed E-state index contributed by atoms with van der Waals surface area (Å²) in [5.74, 6) is 0. The fraction of sp³-hybridized carbons (Fsp3) is 0.500. The lowest BCUT2D eigenvalue weighted by Crippen LogP contribution is -2.30. The molecule has 0 saturated carbocycles. The fourth-order valence-electron chi connectivity index (χ4n) is 1.61. The molecule has 86 valence electrons. The third-order valence-electron chi connectivity index (χ3n) is 2.46. The highest BCUT2D eigenvalue weighted by Gasteiger charge is 2.22. The summed E-state index contributed by atoms with van der Waals surface area (Å²) < 4.78 is 0. The van der Waals surface area contributed by atoms with Crippen molar-refractivity contribution in [2.75, 3.05) is 5.32 Å². The highest BCUT2D eigenvalue weighted by molar-refractivity contribution is 5.56. The summed E-state index contributed by atoms with van der Waals surface area (Å²) in [4.78, 5) is 0. The summed E-state index contributed by atoms with van der Waals surface area (Å²) in [6.07, 6.45) is 0. The molecule has 0 fully saturated rings. The zero-order chi connectivity index (χ0) is 12.4. The van der Waals surface area contributed by atoms with Crippen LogP contribution in [0.3, 0.4) is 0 Å². The minimum atomic E-state index is -0.540. The third kappa shape index (κ3) is 3.00. The van der Waals surface area contributed by atoms with Gasteiger partial charge in [-0.3, -0.25) is 0 Å². The van der Waals surface area contributed by atoms with Crippen LogP contribution < -0.4 is 5.32 Å². The molecule has 0 bridgehead atoms. The molecule has 0 aliphatic carbocycles. The normalized spacial score (nSPS) is 12.0. The number of benzene rings is 1. The average molecular weight is 216 g/mol. The van der Waals surface area contributed by atoms with Gasteiger partial charge in [-0.25, -0.2) is 0 Å². The molecule has 1 aromatic carbocycles. The smallest absolute Gasteiger partial charge is 0.119 e. The Morgan fingerprint density at radius 1 is 1.06 bits per heavy atom. The van der Waals surface area contributed by atoms with Crippen molar-refractivity contribution in [3.8, 4) is 6.07 Å². The van der Waals surface area contributed by atoms with Crippen LogP contribution in [0.15, 0.2) is 24.3 Å². The maximum Gasteiger partial charge on any atom is 0.119 e. The minimum Gasteiger partial charge on any atom is -0.368 e. The number of rotatable bonds is 2. The van der Waals surface area contributed by atoms with Crippen LogP contribution in [0, 0.1) is 11.3 Å². The molecule has 0 aliphatic rings. The van der Waals surface area contributed by atoms with Crippen LogP contribution in [-0.2, 0) is 5.41 Å². The molecule has 2 nitrogen and oxygen atoms in total. The van der Waals surface area contributed by atoms with Gasteiger partial charge in [0.2, 0.25) is 0 Å². The van der Waals surface area contributed by atoms with E-state index in [2.05, 4.69) is 38.2 Å². The lowest BCUT2D eigenvalue weighted by atomic mass is 9.85. The summed E-state index contributed by atoms with van der Waals surface area (Å²) in [6.45, 7) is 10.3. The monoisotopic (exact) mass is 216 g/mol. The lowest BCUT2D eigenvalue weighted by Gasteiger charge is -2.27. The van der Waals surface area contributed by atoms with Gasteiger partial charge < -0.3 is 5.32 Å². The predicted molar refractivity (Wildman–Crippen MR) is 68.5 cm³/mol. The first kappa shape index (κ1) is 12.6. The van der Waals surface area contributed by atoms with E-state index in [9.17, 15) is 0 Å². The van der Waals surface area contributed by atoms with Gasteiger partial charge in [0.15, 0.2) is 0 Å². The van der Waals surface area contributed by atoms with E-state index in [1.165, 1.54) is 5.56 Å². The van der Waals surface area contributed by atoms with E-state index in [1.807, 2.05) is 32.0 Å². The van der Waals surface area contributed by atoms with Gasteiger partial charge in [-0.2, -0.15) is 5.26 Å². The van der Waals surface area contributed by atoms with Gasteiger partial charge in [0.25, 0.3) is 0 Å². The van der Waals surface area contributed by atoms with Crippen molar-refractivity contribution in [1.82, 2.24) is 0 Å². The number of nitriles is 1. The molecule has 0 atom stereocenters. The molecule has 0 radical (unpaired) electrons. The molecule has 0 heterocycles. The minimum absolute atomic E-state index is 0.0785. The summed E-state index contributed by atoms with van der Waals surface area (Å²) >= 11 is 0. The first-order valence-corrected chi connectivity index (χ1v) is 5.55. The van der Waals surface area contributed by atoms with Gasteiger partial charge in [0, 0.05) is 5.69 Å². The van der Waals surface area contributed by atoms with Gasteiger partial charge in [-0.15, -0.1) is 0 Å². The molecule has 0 unspecified atom stereocenters. The van der Waals surface area contributed by atoms with Crippen molar-refractivity contribution < 1.29 is 0 Å². The van der Waals surface area contributed by atoms with Crippen molar-refractivity contribution in [3.05, 3.63) is 29.8 Å². The molecule has 1 aromatic rings. The van der Waals surface area contributed by atoms with Crippen molar-refractivity contribution >= 4 is 5.69 Å². The van der Waals surface area contributed by atoms with Crippen LogP contribution in [0.5, 0.6) is 0 Å². The first-order valence-electron chi connectivity index (χ1n) is 5.55. The number of anilines is 1. The molecule has 0 amide bonds. The third-order valence-corrected chi connectivity index (χ3v) is 2.46. The van der Waals surface area contributed by atoms with Crippen LogP contribution in [0.25, 0.3) is 0 Å². The highest BCUT2D eigenvalue weighted by atomic mass is 15.0. The van der Waals surface area contributed by atoms with Gasteiger partial charge in [0.1, 0.15) is 5.54 Å². The fourth-order valence-corrected chi connectivity index (χ4v) is 1.61. The summed E-state index contributed by atoms with van der Waals surface area (Å²) in [5, 5.41) is 12.3. The molecule has 1 rings (SSSR count). The number of nitrogens with zero attached hydrogens (tertiary/aromatic N) is 1. The Hall–Kier alpha value is -1.49. The van der Waals surface area contributed by atoms with Crippen molar-refractivity contribution in [2.24, 2.45) is 0 Å². The summed E-state index contributed by atoms with van der Waals surface area (Å²) in [6, 6.07) is 10.4. The Kier molecular flexibility index (Phi) is 3.28. The van der Waals surface area contributed by atoms with E-state index in [0.717, 1.165) is 5.69 Å². The molecule has 2 heteroatoms. The van der Waals surface area contributed by atoms with Gasteiger partial charge in [-0.05, 0) is 30.9 Å². The Balaban J connectivity index is 3.12. The SMILES string of the molecule is CC(C)(C#N)Nc1ccccc1C(C)(C)C. The molecule has 0 aliphatic heterocycles. The topological polar surface area (TPSA) is 35.8 Å². The quantitative estimate of drug-likeness (QED) is 0.818. The number of para-hydroxylation sites is 1. The number of hydrogen-bond acceptors (Lipinski definition) is 2. The standard InChI is InChI=1S/C14H20N2/c1-13(2,3)11-8-6-7-9-12(11)16-14(4,5)10-15/h6-9,16H,1-5H3. The van der Waals surface area contributed by atoms with Crippen LogP contribution in [-0.4, -0.2) is 5.54 Å². The van der Waals surface area contributed by atoms with E-state index in [4.69, 9.17) is 5.26 Å². The molecule has 16 heavy (non-hydrogen) atoms. The molecule has 0 saturated heterocycles. The Morgan fingerprint density at radius 2 is 1.62 bits per heavy atom. The summed E-state index contributed by atoms with van der Waals surface area (Å²) in [7, 11) is 0. The van der Waals surface area contributed by atoms with E-state index < -0.39 is 5.54 Å².